The second-order valence-electron chi connectivity index (χ2n) is 17.6. The van der Waals surface area contributed by atoms with E-state index >= 15 is 0 Å². The van der Waals surface area contributed by atoms with Gasteiger partial charge >= 0.3 is 5.97 Å². The van der Waals surface area contributed by atoms with Gasteiger partial charge in [0.05, 0.1) is 25.2 Å². The Morgan fingerprint density at radius 2 is 0.828 bits per heavy atom. The van der Waals surface area contributed by atoms with Gasteiger partial charge < -0.3 is 20.3 Å². The average molecular weight is 818 g/mol. The Balaban J connectivity index is 4.57. The van der Waals surface area contributed by atoms with Gasteiger partial charge in [-0.1, -0.05) is 206 Å². The van der Waals surface area contributed by atoms with Crippen LogP contribution < -0.4 is 5.32 Å². The van der Waals surface area contributed by atoms with E-state index in [2.05, 4.69) is 50.4 Å². The zero-order valence-corrected chi connectivity index (χ0v) is 38.9. The number of rotatable bonds is 46. The first kappa shape index (κ1) is 56.3. The third-order valence-electron chi connectivity index (χ3n) is 11.8. The van der Waals surface area contributed by atoms with Crippen LogP contribution >= 0.6 is 0 Å². The molecule has 342 valence electrons. The molecule has 3 N–H and O–H groups in total. The lowest BCUT2D eigenvalue weighted by atomic mass is 10.0. The fraction of sp³-hybridized carbons (Fsp3) is 0.885. The Morgan fingerprint density at radius 3 is 1.24 bits per heavy atom. The first-order valence-electron chi connectivity index (χ1n) is 25.6. The highest BCUT2D eigenvalue weighted by Crippen LogP contribution is 2.18. The van der Waals surface area contributed by atoms with Gasteiger partial charge in [-0.3, -0.25) is 9.59 Å². The number of allylic oxidation sites excluding steroid dienone is 4. The summed E-state index contributed by atoms with van der Waals surface area (Å²) in [5, 5.41) is 23.7. The number of hydrogen-bond acceptors (Lipinski definition) is 5. The number of nitrogens with one attached hydrogen (secondary N) is 1. The van der Waals surface area contributed by atoms with Gasteiger partial charge in [-0.2, -0.15) is 0 Å². The molecule has 6 heteroatoms. The predicted molar refractivity (Wildman–Crippen MR) is 250 cm³/mol. The normalized spacial score (nSPS) is 13.4. The Hall–Kier alpha value is -1.66. The van der Waals surface area contributed by atoms with Crippen molar-refractivity contribution in [2.45, 2.75) is 289 Å². The molecule has 58 heavy (non-hydrogen) atoms. The first-order chi connectivity index (χ1) is 28.5. The van der Waals surface area contributed by atoms with Crippen molar-refractivity contribution in [2.75, 3.05) is 6.61 Å². The smallest absolute Gasteiger partial charge is 0.306 e. The second-order valence-corrected chi connectivity index (χ2v) is 17.6. The van der Waals surface area contributed by atoms with Gasteiger partial charge in [-0.25, -0.2) is 0 Å². The number of carbonyl (C=O) groups is 2. The minimum absolute atomic E-state index is 0.0738. The van der Waals surface area contributed by atoms with E-state index in [9.17, 15) is 19.8 Å². The Morgan fingerprint density at radius 1 is 0.483 bits per heavy atom. The lowest BCUT2D eigenvalue weighted by molar-refractivity contribution is -0.151. The van der Waals surface area contributed by atoms with Crippen molar-refractivity contribution in [3.05, 3.63) is 24.3 Å². The van der Waals surface area contributed by atoms with Crippen molar-refractivity contribution in [3.63, 3.8) is 0 Å². The molecule has 0 bridgehead atoms. The molecule has 0 aromatic rings. The van der Waals surface area contributed by atoms with Gasteiger partial charge in [0.1, 0.15) is 6.10 Å². The molecule has 0 aliphatic rings. The van der Waals surface area contributed by atoms with Crippen molar-refractivity contribution in [1.29, 1.82) is 0 Å². The molecule has 0 aromatic carbocycles. The minimum atomic E-state index is -0.785. The Bertz CT molecular complexity index is 919. The van der Waals surface area contributed by atoms with Gasteiger partial charge in [0.2, 0.25) is 5.91 Å². The molecule has 0 aromatic heterocycles. The highest BCUT2D eigenvalue weighted by atomic mass is 16.5. The summed E-state index contributed by atoms with van der Waals surface area (Å²) in [5.74, 6) is -0.477. The van der Waals surface area contributed by atoms with Crippen LogP contribution in [0.4, 0.5) is 0 Å². The van der Waals surface area contributed by atoms with Crippen molar-refractivity contribution >= 4 is 11.9 Å². The van der Waals surface area contributed by atoms with Crippen LogP contribution in [-0.4, -0.2) is 46.9 Å². The average Bonchev–Trinajstić information content (AvgIpc) is 3.22. The summed E-state index contributed by atoms with van der Waals surface area (Å²) in [6.07, 6.45) is 52.4. The number of ether oxygens (including phenoxy) is 1. The van der Waals surface area contributed by atoms with Crippen molar-refractivity contribution in [3.8, 4) is 0 Å². The van der Waals surface area contributed by atoms with E-state index in [1.165, 1.54) is 161 Å². The maximum Gasteiger partial charge on any atom is 0.306 e. The summed E-state index contributed by atoms with van der Waals surface area (Å²) in [7, 11) is 0. The third kappa shape index (κ3) is 41.1. The van der Waals surface area contributed by atoms with Gasteiger partial charge in [0.15, 0.2) is 0 Å². The highest BCUT2D eigenvalue weighted by Gasteiger charge is 2.24. The zero-order valence-electron chi connectivity index (χ0n) is 38.9. The SMILES string of the molecule is CCCCCC/C=C\CCCCCCCCCC(=O)OC(CCCCCCC/C=C/CCCCCCCC)CC(=O)NC(CO)C(O)CCCCCCCCCCC. The molecule has 6 nitrogen and oxygen atoms in total. The molecule has 3 unspecified atom stereocenters. The molecule has 0 saturated carbocycles. The van der Waals surface area contributed by atoms with Crippen LogP contribution in [-0.2, 0) is 14.3 Å². The van der Waals surface area contributed by atoms with E-state index < -0.39 is 18.2 Å². The topological polar surface area (TPSA) is 95.9 Å². The molecular weight excluding hydrogens is 719 g/mol. The summed E-state index contributed by atoms with van der Waals surface area (Å²) in [4.78, 5) is 26.1. The molecule has 0 heterocycles. The van der Waals surface area contributed by atoms with Crippen molar-refractivity contribution in [2.24, 2.45) is 0 Å². The molecule has 0 rings (SSSR count). The molecule has 3 atom stereocenters. The van der Waals surface area contributed by atoms with Crippen molar-refractivity contribution < 1.29 is 24.5 Å². The van der Waals surface area contributed by atoms with Crippen molar-refractivity contribution in [1.82, 2.24) is 5.32 Å². The van der Waals surface area contributed by atoms with Crippen LogP contribution in [0.2, 0.25) is 0 Å². The molecule has 0 saturated heterocycles. The number of amides is 1. The second kappa shape index (κ2) is 46.4. The molecular formula is C52H99NO5. The lowest BCUT2D eigenvalue weighted by Gasteiger charge is -2.24. The first-order valence-corrected chi connectivity index (χ1v) is 25.6. The molecule has 0 fully saturated rings. The summed E-state index contributed by atoms with van der Waals surface area (Å²) >= 11 is 0. The molecule has 1 amide bonds. The lowest BCUT2D eigenvalue weighted by Crippen LogP contribution is -2.46. The minimum Gasteiger partial charge on any atom is -0.462 e. The van der Waals surface area contributed by atoms with Gasteiger partial charge in [0.25, 0.3) is 0 Å². The number of unbranched alkanes of at least 4 members (excludes halogenated alkanes) is 30. The molecule has 0 spiro atoms. The van der Waals surface area contributed by atoms with Gasteiger partial charge in [0, 0.05) is 6.42 Å². The summed E-state index contributed by atoms with van der Waals surface area (Å²) in [6, 6.07) is -0.700. The van der Waals surface area contributed by atoms with Crippen LogP contribution in [0.3, 0.4) is 0 Å². The summed E-state index contributed by atoms with van der Waals surface area (Å²) in [5.41, 5.74) is 0. The van der Waals surface area contributed by atoms with Crippen LogP contribution in [0.5, 0.6) is 0 Å². The maximum atomic E-state index is 13.2. The van der Waals surface area contributed by atoms with E-state index in [1.807, 2.05) is 0 Å². The monoisotopic (exact) mass is 818 g/mol. The van der Waals surface area contributed by atoms with Crippen LogP contribution in [0.15, 0.2) is 24.3 Å². The number of aliphatic hydroxyl groups excluding tert-OH is 2. The highest BCUT2D eigenvalue weighted by molar-refractivity contribution is 5.77. The van der Waals surface area contributed by atoms with Crippen LogP contribution in [0, 0.1) is 0 Å². The standard InChI is InChI=1S/C52H99NO5/c1-4-7-10-13-16-19-21-23-25-27-29-32-34-37-40-43-48(46-51(56)53-49(47-54)50(55)44-41-38-35-31-18-15-12-9-6-3)58-52(57)45-42-39-36-33-30-28-26-24-22-20-17-14-11-8-5-2/h20,22-23,25,48-50,54-55H,4-19,21,24,26-47H2,1-3H3,(H,53,56)/b22-20-,25-23+. The molecule has 0 radical (unpaired) electrons. The zero-order chi connectivity index (χ0) is 42.4. The fourth-order valence-corrected chi connectivity index (χ4v) is 7.83. The Labute approximate surface area is 361 Å². The van der Waals surface area contributed by atoms with Crippen LogP contribution in [0.25, 0.3) is 0 Å². The third-order valence-corrected chi connectivity index (χ3v) is 11.8. The van der Waals surface area contributed by atoms with E-state index in [-0.39, 0.29) is 24.9 Å². The van der Waals surface area contributed by atoms with E-state index in [1.54, 1.807) is 0 Å². The molecule has 0 aliphatic heterocycles. The van der Waals surface area contributed by atoms with Gasteiger partial charge in [-0.15, -0.1) is 0 Å². The van der Waals surface area contributed by atoms with Gasteiger partial charge in [-0.05, 0) is 77.0 Å². The van der Waals surface area contributed by atoms with E-state index in [4.69, 9.17) is 4.74 Å². The number of aliphatic hydroxyl groups is 2. The number of hydrogen-bond donors (Lipinski definition) is 3. The summed E-state index contributed by atoms with van der Waals surface area (Å²) in [6.45, 7) is 6.46. The van der Waals surface area contributed by atoms with E-state index in [0.29, 0.717) is 19.3 Å². The maximum absolute atomic E-state index is 13.2. The summed E-state index contributed by atoms with van der Waals surface area (Å²) < 4.78 is 5.93. The van der Waals surface area contributed by atoms with E-state index in [0.717, 1.165) is 64.2 Å². The number of esters is 1. The quantitative estimate of drug-likeness (QED) is 0.0323. The molecule has 0 aliphatic carbocycles. The predicted octanol–water partition coefficient (Wildman–Crippen LogP) is 15.1. The fourth-order valence-electron chi connectivity index (χ4n) is 7.83. The van der Waals surface area contributed by atoms with Crippen LogP contribution in [0.1, 0.15) is 271 Å². The largest absolute Gasteiger partial charge is 0.462 e. The number of carbonyl (C=O) groups excluding carboxylic acids is 2. The Kier molecular flexibility index (Phi) is 45.1.